The Morgan fingerprint density at radius 2 is 1.96 bits per heavy atom. The molecule has 0 bridgehead atoms. The summed E-state index contributed by atoms with van der Waals surface area (Å²) >= 11 is 6.91. The van der Waals surface area contributed by atoms with Gasteiger partial charge >= 0.3 is 0 Å². The number of aliphatic hydroxyl groups is 1. The molecule has 0 unspecified atom stereocenters. The molecule has 8 heteroatoms. The highest BCUT2D eigenvalue weighted by Crippen LogP contribution is 2.75. The zero-order chi connectivity index (χ0) is 20.5. The second-order valence-electron chi connectivity index (χ2n) is 8.00. The van der Waals surface area contributed by atoms with E-state index in [1.54, 1.807) is 0 Å². The fourth-order valence-electron chi connectivity index (χ4n) is 6.70. The molecule has 0 aromatic rings. The molecule has 7 nitrogen and oxygen atoms in total. The molecule has 28 heavy (non-hydrogen) atoms. The average Bonchev–Trinajstić information content (AvgIpc) is 3.20. The first-order chi connectivity index (χ1) is 13.3. The normalized spacial score (nSPS) is 42.7. The minimum Gasteiger partial charge on any atom is -0.498 e. The Hall–Kier alpha value is -1.57. The van der Waals surface area contributed by atoms with Crippen LogP contribution in [-0.4, -0.2) is 73.0 Å². The van der Waals surface area contributed by atoms with Gasteiger partial charge in [0.1, 0.15) is 11.9 Å². The lowest BCUT2D eigenvalue weighted by atomic mass is 9.52. The summed E-state index contributed by atoms with van der Waals surface area (Å²) in [6.07, 6.45) is 1.12. The number of hydrogen-bond acceptors (Lipinski definition) is 7. The Balaban J connectivity index is 2.04. The molecular formula is C20H26ClNO6. The lowest BCUT2D eigenvalue weighted by molar-refractivity contribution is -0.149. The monoisotopic (exact) mass is 411 g/mol. The van der Waals surface area contributed by atoms with E-state index in [9.17, 15) is 14.7 Å². The number of alkyl halides is 1. The maximum atomic E-state index is 13.4. The molecule has 4 aliphatic rings. The minimum absolute atomic E-state index is 0.0659. The lowest BCUT2D eigenvalue weighted by Gasteiger charge is -2.53. The number of rotatable bonds is 4. The van der Waals surface area contributed by atoms with Crippen LogP contribution in [0.3, 0.4) is 0 Å². The van der Waals surface area contributed by atoms with Gasteiger partial charge in [0.15, 0.2) is 11.5 Å². The first kappa shape index (κ1) is 19.7. The molecular weight excluding hydrogens is 386 g/mol. The molecule has 0 aromatic heterocycles. The topological polar surface area (TPSA) is 85.3 Å². The number of likely N-dealkylation sites (tertiary alicyclic amines) is 1. The standard InChI is InChI=1S/C20H26ClNO6/c1-5-22-7-6-18-9-11(23)15(27-3)17(28-4)19(18,22)10-13(21)20(18)14(24)8-12(26-2)16(20)25/h8,13,16,25H,5-7,9-10H2,1-4H3/t13-,16+,18+,19+,20+/m0/s1. The van der Waals surface area contributed by atoms with Gasteiger partial charge in [-0.05, 0) is 25.9 Å². The van der Waals surface area contributed by atoms with E-state index in [0.717, 1.165) is 0 Å². The molecule has 1 spiro atoms. The van der Waals surface area contributed by atoms with Crippen LogP contribution < -0.4 is 0 Å². The third-order valence-electron chi connectivity index (χ3n) is 7.61. The van der Waals surface area contributed by atoms with Crippen molar-refractivity contribution < 1.29 is 28.9 Å². The SMILES string of the molecule is CCN1CC[C@@]23CC(=O)C(OC)=C(OC)[C@@]12C[C@H](Cl)[C@]31C(=O)C=C(OC)[C@H]1O. The third kappa shape index (κ3) is 1.80. The van der Waals surface area contributed by atoms with Crippen LogP contribution in [0.4, 0.5) is 0 Å². The fraction of sp³-hybridized carbons (Fsp3) is 0.700. The Kier molecular flexibility index (Phi) is 4.38. The number of allylic oxidation sites excluding steroid dienone is 2. The summed E-state index contributed by atoms with van der Waals surface area (Å²) in [4.78, 5) is 28.7. The fourth-order valence-corrected chi connectivity index (χ4v) is 7.36. The molecule has 1 heterocycles. The van der Waals surface area contributed by atoms with Crippen molar-refractivity contribution in [2.45, 2.75) is 43.2 Å². The van der Waals surface area contributed by atoms with Crippen molar-refractivity contribution in [1.29, 1.82) is 0 Å². The van der Waals surface area contributed by atoms with Crippen LogP contribution in [0.25, 0.3) is 0 Å². The van der Waals surface area contributed by atoms with Crippen molar-refractivity contribution in [3.63, 3.8) is 0 Å². The lowest BCUT2D eigenvalue weighted by Crippen LogP contribution is -2.63. The second kappa shape index (κ2) is 6.21. The van der Waals surface area contributed by atoms with E-state index < -0.39 is 27.8 Å². The van der Waals surface area contributed by atoms with Gasteiger partial charge < -0.3 is 19.3 Å². The van der Waals surface area contributed by atoms with Gasteiger partial charge in [0.25, 0.3) is 0 Å². The van der Waals surface area contributed by atoms with Crippen molar-refractivity contribution in [2.75, 3.05) is 34.4 Å². The van der Waals surface area contributed by atoms with E-state index in [1.807, 2.05) is 6.92 Å². The zero-order valence-corrected chi connectivity index (χ0v) is 17.3. The van der Waals surface area contributed by atoms with E-state index in [4.69, 9.17) is 25.8 Å². The number of aliphatic hydroxyl groups excluding tert-OH is 1. The summed E-state index contributed by atoms with van der Waals surface area (Å²) in [5, 5.41) is 10.6. The number of carbonyl (C=O) groups is 2. The zero-order valence-electron chi connectivity index (χ0n) is 16.6. The van der Waals surface area contributed by atoms with Crippen LogP contribution in [0, 0.1) is 10.8 Å². The van der Waals surface area contributed by atoms with E-state index in [-0.39, 0.29) is 29.5 Å². The number of likely N-dealkylation sites (N-methyl/N-ethyl adjacent to an activating group) is 1. The first-order valence-electron chi connectivity index (χ1n) is 9.55. The van der Waals surface area contributed by atoms with Crippen LogP contribution in [0.5, 0.6) is 0 Å². The van der Waals surface area contributed by atoms with E-state index in [1.165, 1.54) is 27.4 Å². The Morgan fingerprint density at radius 3 is 2.50 bits per heavy atom. The largest absolute Gasteiger partial charge is 0.498 e. The molecule has 154 valence electrons. The van der Waals surface area contributed by atoms with Crippen LogP contribution in [0.1, 0.15) is 26.2 Å². The molecule has 1 aliphatic heterocycles. The van der Waals surface area contributed by atoms with E-state index >= 15 is 0 Å². The molecule has 0 aromatic carbocycles. The number of ketones is 2. The summed E-state index contributed by atoms with van der Waals surface area (Å²) in [5.74, 6) is 0.284. The van der Waals surface area contributed by atoms with E-state index in [0.29, 0.717) is 31.7 Å². The Bertz CT molecular complexity index is 809. The number of ether oxygens (including phenoxy) is 3. The second-order valence-corrected chi connectivity index (χ2v) is 8.52. The first-order valence-corrected chi connectivity index (χ1v) is 9.99. The predicted octanol–water partition coefficient (Wildman–Crippen LogP) is 1.39. The summed E-state index contributed by atoms with van der Waals surface area (Å²) in [7, 11) is 4.38. The van der Waals surface area contributed by atoms with Gasteiger partial charge in [0, 0.05) is 17.9 Å². The quantitative estimate of drug-likeness (QED) is 0.699. The average molecular weight is 412 g/mol. The molecule has 0 radical (unpaired) electrons. The van der Waals surface area contributed by atoms with Crippen LogP contribution in [-0.2, 0) is 23.8 Å². The van der Waals surface area contributed by atoms with Crippen LogP contribution >= 0.6 is 11.6 Å². The summed E-state index contributed by atoms with van der Waals surface area (Å²) in [6.45, 7) is 3.39. The van der Waals surface area contributed by atoms with Crippen LogP contribution in [0.2, 0.25) is 0 Å². The summed E-state index contributed by atoms with van der Waals surface area (Å²) in [6, 6.07) is 0. The highest BCUT2D eigenvalue weighted by molar-refractivity contribution is 6.25. The number of nitrogens with zero attached hydrogens (tertiary/aromatic N) is 1. The van der Waals surface area contributed by atoms with Gasteiger partial charge in [0.2, 0.25) is 11.5 Å². The van der Waals surface area contributed by atoms with Crippen molar-refractivity contribution >= 4 is 23.2 Å². The molecule has 0 amide bonds. The molecule has 1 saturated heterocycles. The minimum atomic E-state index is -1.34. The van der Waals surface area contributed by atoms with E-state index in [2.05, 4.69) is 4.90 Å². The number of carbonyl (C=O) groups excluding carboxylic acids is 2. The van der Waals surface area contributed by atoms with Crippen molar-refractivity contribution in [3.05, 3.63) is 23.4 Å². The van der Waals surface area contributed by atoms with Gasteiger partial charge in [-0.3, -0.25) is 14.5 Å². The molecule has 1 saturated carbocycles. The molecule has 5 atom stereocenters. The Labute approximate surface area is 169 Å². The molecule has 4 rings (SSSR count). The maximum Gasteiger partial charge on any atom is 0.201 e. The van der Waals surface area contributed by atoms with Crippen molar-refractivity contribution in [2.24, 2.45) is 10.8 Å². The summed E-state index contributed by atoms with van der Waals surface area (Å²) < 4.78 is 16.5. The molecule has 1 N–H and O–H groups in total. The van der Waals surface area contributed by atoms with Gasteiger partial charge in [-0.2, -0.15) is 0 Å². The van der Waals surface area contributed by atoms with Gasteiger partial charge in [-0.25, -0.2) is 0 Å². The Morgan fingerprint density at radius 1 is 1.25 bits per heavy atom. The third-order valence-corrected chi connectivity index (χ3v) is 8.10. The molecule has 2 fully saturated rings. The highest BCUT2D eigenvalue weighted by atomic mass is 35.5. The maximum absolute atomic E-state index is 13.4. The smallest absolute Gasteiger partial charge is 0.201 e. The van der Waals surface area contributed by atoms with Crippen LogP contribution in [0.15, 0.2) is 23.4 Å². The number of methoxy groups -OCH3 is 3. The van der Waals surface area contributed by atoms with Crippen molar-refractivity contribution in [3.8, 4) is 0 Å². The van der Waals surface area contributed by atoms with Crippen molar-refractivity contribution in [1.82, 2.24) is 4.90 Å². The van der Waals surface area contributed by atoms with Gasteiger partial charge in [-0.1, -0.05) is 6.92 Å². The predicted molar refractivity (Wildman–Crippen MR) is 100 cm³/mol. The van der Waals surface area contributed by atoms with Gasteiger partial charge in [0.05, 0.1) is 37.7 Å². The number of halogens is 1. The summed E-state index contributed by atoms with van der Waals surface area (Å²) in [5.41, 5.74) is -3.04. The highest BCUT2D eigenvalue weighted by Gasteiger charge is 2.84. The van der Waals surface area contributed by atoms with Gasteiger partial charge in [-0.15, -0.1) is 11.6 Å². The number of Topliss-reactive ketones (excluding diaryl/α,β-unsaturated/α-hetero) is 1. The number of hydrogen-bond donors (Lipinski definition) is 1. The molecule has 3 aliphatic carbocycles.